The molecule has 0 spiro atoms. The van der Waals surface area contributed by atoms with Crippen LogP contribution in [0.2, 0.25) is 0 Å². The quantitative estimate of drug-likeness (QED) is 0.839. The van der Waals surface area contributed by atoms with E-state index >= 15 is 0 Å². The van der Waals surface area contributed by atoms with Crippen molar-refractivity contribution in [2.45, 2.75) is 4.90 Å². The van der Waals surface area contributed by atoms with Gasteiger partial charge in [0.05, 0.1) is 4.90 Å². The minimum atomic E-state index is -3.55. The number of hydrogen-bond donors (Lipinski definition) is 1. The fourth-order valence-electron chi connectivity index (χ4n) is 2.71. The van der Waals surface area contributed by atoms with Gasteiger partial charge in [0.2, 0.25) is 16.0 Å². The molecule has 0 bridgehead atoms. The monoisotopic (exact) mass is 390 g/mol. The highest BCUT2D eigenvalue weighted by atomic mass is 32.2. The summed E-state index contributed by atoms with van der Waals surface area (Å²) in [5.74, 6) is 0.652. The number of carbonyl (C=O) groups is 1. The lowest BCUT2D eigenvalue weighted by Gasteiger charge is -2.34. The molecule has 9 nitrogen and oxygen atoms in total. The number of anilines is 2. The van der Waals surface area contributed by atoms with E-state index in [2.05, 4.69) is 15.3 Å². The average Bonchev–Trinajstić information content (AvgIpc) is 2.69. The van der Waals surface area contributed by atoms with Crippen molar-refractivity contribution in [2.24, 2.45) is 0 Å². The Balaban J connectivity index is 1.62. The van der Waals surface area contributed by atoms with Crippen molar-refractivity contribution >= 4 is 27.7 Å². The topological polar surface area (TPSA) is 98.7 Å². The van der Waals surface area contributed by atoms with Gasteiger partial charge in [-0.3, -0.25) is 0 Å². The van der Waals surface area contributed by atoms with E-state index in [0.29, 0.717) is 37.8 Å². The van der Waals surface area contributed by atoms with E-state index in [0.717, 1.165) is 4.31 Å². The fourth-order valence-corrected chi connectivity index (χ4v) is 3.66. The van der Waals surface area contributed by atoms with Gasteiger partial charge in [-0.1, -0.05) is 6.07 Å². The zero-order valence-corrected chi connectivity index (χ0v) is 16.1. The van der Waals surface area contributed by atoms with Gasteiger partial charge in [0.15, 0.2) is 0 Å². The molecule has 0 radical (unpaired) electrons. The van der Waals surface area contributed by atoms with E-state index in [1.54, 1.807) is 35.5 Å². The second kappa shape index (κ2) is 7.89. The van der Waals surface area contributed by atoms with E-state index in [9.17, 15) is 13.2 Å². The molecular formula is C17H22N6O3S. The Morgan fingerprint density at radius 3 is 2.37 bits per heavy atom. The molecule has 144 valence electrons. The van der Waals surface area contributed by atoms with Gasteiger partial charge in [-0.25, -0.2) is 27.5 Å². The van der Waals surface area contributed by atoms with Crippen molar-refractivity contribution in [3.8, 4) is 0 Å². The Labute approximate surface area is 158 Å². The van der Waals surface area contributed by atoms with E-state index < -0.39 is 10.0 Å². The molecule has 1 aromatic heterocycles. The molecule has 0 saturated carbocycles. The standard InChI is InChI=1S/C17H22N6O3S/c1-21(2)27(25,26)15-6-3-5-14(13-15)20-17(24)23-11-9-22(10-12-23)16-18-7-4-8-19-16/h3-8,13H,9-12H2,1-2H3,(H,20,24). The van der Waals surface area contributed by atoms with Crippen molar-refractivity contribution in [3.63, 3.8) is 0 Å². The highest BCUT2D eigenvalue weighted by Crippen LogP contribution is 2.19. The maximum absolute atomic E-state index is 12.5. The maximum Gasteiger partial charge on any atom is 0.321 e. The zero-order chi connectivity index (χ0) is 19.4. The van der Waals surface area contributed by atoms with Crippen LogP contribution in [-0.2, 0) is 10.0 Å². The summed E-state index contributed by atoms with van der Waals surface area (Å²) in [6, 6.07) is 7.74. The summed E-state index contributed by atoms with van der Waals surface area (Å²) in [6.07, 6.45) is 3.38. The molecule has 3 rings (SSSR count). The third kappa shape index (κ3) is 4.34. The Morgan fingerprint density at radius 2 is 1.74 bits per heavy atom. The predicted molar refractivity (Wildman–Crippen MR) is 102 cm³/mol. The predicted octanol–water partition coefficient (Wildman–Crippen LogP) is 1.08. The van der Waals surface area contributed by atoms with E-state index in [1.807, 2.05) is 4.90 Å². The lowest BCUT2D eigenvalue weighted by Crippen LogP contribution is -2.50. The molecule has 27 heavy (non-hydrogen) atoms. The van der Waals surface area contributed by atoms with Crippen LogP contribution >= 0.6 is 0 Å². The van der Waals surface area contributed by atoms with Gasteiger partial charge < -0.3 is 15.1 Å². The number of nitrogens with one attached hydrogen (secondary N) is 1. The number of hydrogen-bond acceptors (Lipinski definition) is 6. The van der Waals surface area contributed by atoms with E-state index in [1.165, 1.54) is 26.2 Å². The van der Waals surface area contributed by atoms with Crippen molar-refractivity contribution in [1.29, 1.82) is 0 Å². The summed E-state index contributed by atoms with van der Waals surface area (Å²) in [6.45, 7) is 2.32. The summed E-state index contributed by atoms with van der Waals surface area (Å²) >= 11 is 0. The molecule has 2 amide bonds. The highest BCUT2D eigenvalue weighted by Gasteiger charge is 2.23. The van der Waals surface area contributed by atoms with Crippen LogP contribution in [0.1, 0.15) is 0 Å². The Hall–Kier alpha value is -2.72. The first-order chi connectivity index (χ1) is 12.9. The molecule has 2 heterocycles. The zero-order valence-electron chi connectivity index (χ0n) is 15.2. The summed E-state index contributed by atoms with van der Waals surface area (Å²) < 4.78 is 25.6. The second-order valence-electron chi connectivity index (χ2n) is 6.27. The molecule has 1 saturated heterocycles. The minimum absolute atomic E-state index is 0.136. The number of sulfonamides is 1. The number of aromatic nitrogens is 2. The van der Waals surface area contributed by atoms with Crippen LogP contribution in [0.5, 0.6) is 0 Å². The molecule has 1 fully saturated rings. The van der Waals surface area contributed by atoms with Crippen LogP contribution in [0.25, 0.3) is 0 Å². The van der Waals surface area contributed by atoms with Gasteiger partial charge in [0.25, 0.3) is 0 Å². The SMILES string of the molecule is CN(C)S(=O)(=O)c1cccc(NC(=O)N2CCN(c3ncccn3)CC2)c1. The number of piperazine rings is 1. The Kier molecular flexibility index (Phi) is 5.57. The lowest BCUT2D eigenvalue weighted by atomic mass is 10.3. The number of rotatable bonds is 4. The van der Waals surface area contributed by atoms with Crippen molar-refractivity contribution in [1.82, 2.24) is 19.2 Å². The van der Waals surface area contributed by atoms with Crippen LogP contribution in [0, 0.1) is 0 Å². The molecule has 10 heteroatoms. The summed E-state index contributed by atoms with van der Waals surface area (Å²) in [7, 11) is -0.613. The van der Waals surface area contributed by atoms with Gasteiger partial charge >= 0.3 is 6.03 Å². The van der Waals surface area contributed by atoms with Gasteiger partial charge in [-0.2, -0.15) is 0 Å². The maximum atomic E-state index is 12.5. The van der Waals surface area contributed by atoms with Crippen LogP contribution in [0.3, 0.4) is 0 Å². The largest absolute Gasteiger partial charge is 0.337 e. The van der Waals surface area contributed by atoms with Crippen molar-refractivity contribution in [2.75, 3.05) is 50.5 Å². The van der Waals surface area contributed by atoms with Gasteiger partial charge in [0.1, 0.15) is 0 Å². The van der Waals surface area contributed by atoms with Gasteiger partial charge in [-0.05, 0) is 24.3 Å². The molecule has 0 atom stereocenters. The smallest absolute Gasteiger partial charge is 0.321 e. The fraction of sp³-hybridized carbons (Fsp3) is 0.353. The third-order valence-corrected chi connectivity index (χ3v) is 6.08. The van der Waals surface area contributed by atoms with Crippen LogP contribution in [-0.4, -0.2) is 73.9 Å². The van der Waals surface area contributed by atoms with E-state index in [-0.39, 0.29) is 10.9 Å². The van der Waals surface area contributed by atoms with Crippen LogP contribution < -0.4 is 10.2 Å². The molecule has 0 aliphatic carbocycles. The van der Waals surface area contributed by atoms with Crippen LogP contribution in [0.15, 0.2) is 47.6 Å². The molecule has 1 aliphatic rings. The van der Waals surface area contributed by atoms with Gasteiger partial charge in [-0.15, -0.1) is 0 Å². The summed E-state index contributed by atoms with van der Waals surface area (Å²) in [4.78, 5) is 24.8. The first kappa shape index (κ1) is 19.1. The first-order valence-electron chi connectivity index (χ1n) is 8.48. The summed E-state index contributed by atoms with van der Waals surface area (Å²) in [5.41, 5.74) is 0.441. The molecule has 1 aliphatic heterocycles. The van der Waals surface area contributed by atoms with E-state index in [4.69, 9.17) is 0 Å². The number of benzene rings is 1. The Morgan fingerprint density at radius 1 is 1.07 bits per heavy atom. The van der Waals surface area contributed by atoms with Gasteiger partial charge in [0, 0.05) is 58.4 Å². The third-order valence-electron chi connectivity index (χ3n) is 4.27. The lowest BCUT2D eigenvalue weighted by molar-refractivity contribution is 0.208. The second-order valence-corrected chi connectivity index (χ2v) is 8.42. The first-order valence-corrected chi connectivity index (χ1v) is 9.92. The average molecular weight is 390 g/mol. The summed E-state index contributed by atoms with van der Waals surface area (Å²) in [5, 5.41) is 2.77. The molecule has 1 N–H and O–H groups in total. The number of amides is 2. The highest BCUT2D eigenvalue weighted by molar-refractivity contribution is 7.89. The molecule has 0 unspecified atom stereocenters. The normalized spacial score (nSPS) is 15.1. The minimum Gasteiger partial charge on any atom is -0.337 e. The number of carbonyl (C=O) groups excluding carboxylic acids is 1. The van der Waals surface area contributed by atoms with Crippen molar-refractivity contribution < 1.29 is 13.2 Å². The molecular weight excluding hydrogens is 368 g/mol. The number of nitrogens with zero attached hydrogens (tertiary/aromatic N) is 5. The number of urea groups is 1. The van der Waals surface area contributed by atoms with Crippen LogP contribution in [0.4, 0.5) is 16.4 Å². The molecule has 2 aromatic rings. The Bertz CT molecular complexity index is 896. The van der Waals surface area contributed by atoms with Crippen molar-refractivity contribution in [3.05, 3.63) is 42.7 Å². The molecule has 1 aromatic carbocycles.